The fraction of sp³-hybridized carbons (Fsp3) is 0.682. The molecule has 2 aliphatic heterocycles. The highest BCUT2D eigenvalue weighted by atomic mass is 32.2. The maximum atomic E-state index is 14.6. The van der Waals surface area contributed by atoms with Crippen LogP contribution in [-0.2, 0) is 19.0 Å². The zero-order valence-electron chi connectivity index (χ0n) is 17.3. The zero-order valence-corrected chi connectivity index (χ0v) is 18.2. The normalized spacial score (nSPS) is 30.1. The molecule has 1 amide bonds. The van der Waals surface area contributed by atoms with Crippen LogP contribution in [0.15, 0.2) is 33.7 Å². The number of fused-ring (bicyclic) bond motifs is 1. The molecule has 1 atom stereocenters. The van der Waals surface area contributed by atoms with Gasteiger partial charge in [-0.05, 0) is 44.4 Å². The van der Waals surface area contributed by atoms with E-state index in [9.17, 15) is 9.18 Å². The second-order valence-electron chi connectivity index (χ2n) is 8.22. The van der Waals surface area contributed by atoms with Crippen molar-refractivity contribution >= 4 is 29.2 Å². The zero-order chi connectivity index (χ0) is 20.9. The Balaban J connectivity index is 1.35. The van der Waals surface area contributed by atoms with Gasteiger partial charge in [0.2, 0.25) is 0 Å². The smallest absolute Gasteiger partial charge is 0.263 e. The van der Waals surface area contributed by atoms with Gasteiger partial charge in [0.25, 0.3) is 5.91 Å². The largest absolute Gasteiger partial charge is 0.493 e. The predicted molar refractivity (Wildman–Crippen MR) is 116 cm³/mol. The number of aliphatic imine (C=N–C) groups is 2. The molecule has 2 heterocycles. The third-order valence-electron chi connectivity index (χ3n) is 6.12. The number of hydrogen-bond acceptors (Lipinski definition) is 6. The van der Waals surface area contributed by atoms with Crippen molar-refractivity contribution in [2.45, 2.75) is 49.9 Å². The van der Waals surface area contributed by atoms with Gasteiger partial charge >= 0.3 is 0 Å². The maximum absolute atomic E-state index is 14.6. The van der Waals surface area contributed by atoms with Crippen LogP contribution >= 0.6 is 11.8 Å². The summed E-state index contributed by atoms with van der Waals surface area (Å²) in [5.74, 6) is -0.184. The summed E-state index contributed by atoms with van der Waals surface area (Å²) >= 11 is 1.77. The summed E-state index contributed by atoms with van der Waals surface area (Å²) in [7, 11) is 1.76. The van der Waals surface area contributed by atoms with Crippen molar-refractivity contribution in [2.75, 3.05) is 32.7 Å². The molecule has 4 aliphatic rings. The van der Waals surface area contributed by atoms with E-state index in [-0.39, 0.29) is 0 Å². The van der Waals surface area contributed by atoms with E-state index in [2.05, 4.69) is 9.98 Å². The van der Waals surface area contributed by atoms with Gasteiger partial charge in [-0.1, -0.05) is 0 Å². The Morgan fingerprint density at radius 1 is 1.13 bits per heavy atom. The molecule has 6 nitrogen and oxygen atoms in total. The molecule has 1 saturated carbocycles. The summed E-state index contributed by atoms with van der Waals surface area (Å²) in [4.78, 5) is 21.0. The lowest BCUT2D eigenvalue weighted by Gasteiger charge is -2.27. The van der Waals surface area contributed by atoms with Crippen LogP contribution in [-0.4, -0.2) is 61.5 Å². The lowest BCUT2D eigenvalue weighted by Crippen LogP contribution is -2.31. The number of nitrogens with zero attached hydrogens (tertiary/aromatic N) is 2. The highest BCUT2D eigenvalue weighted by Gasteiger charge is 2.35. The Morgan fingerprint density at radius 2 is 1.90 bits per heavy atom. The van der Waals surface area contributed by atoms with Crippen LogP contribution in [0.4, 0.5) is 4.39 Å². The van der Waals surface area contributed by atoms with E-state index in [1.807, 2.05) is 0 Å². The van der Waals surface area contributed by atoms with Crippen LogP contribution in [0.2, 0.25) is 0 Å². The molecule has 0 radical (unpaired) electrons. The molecule has 4 rings (SSSR count). The maximum Gasteiger partial charge on any atom is 0.263 e. The summed E-state index contributed by atoms with van der Waals surface area (Å²) in [6, 6.07) is 0. The van der Waals surface area contributed by atoms with E-state index in [4.69, 9.17) is 14.2 Å². The lowest BCUT2D eigenvalue weighted by atomic mass is 9.94. The molecule has 2 aliphatic carbocycles. The van der Waals surface area contributed by atoms with Crippen LogP contribution in [0.25, 0.3) is 0 Å². The van der Waals surface area contributed by atoms with Gasteiger partial charge in [0.15, 0.2) is 0 Å². The lowest BCUT2D eigenvalue weighted by molar-refractivity contribution is -0.119. The molecular weight excluding hydrogens is 407 g/mol. The van der Waals surface area contributed by atoms with Crippen molar-refractivity contribution in [3.63, 3.8) is 0 Å². The molecule has 0 N–H and O–H groups in total. The number of amidine groups is 1. The van der Waals surface area contributed by atoms with Gasteiger partial charge < -0.3 is 14.2 Å². The average molecular weight is 437 g/mol. The van der Waals surface area contributed by atoms with Gasteiger partial charge in [0.1, 0.15) is 23.3 Å². The number of ether oxygens (including phenoxy) is 3. The van der Waals surface area contributed by atoms with Gasteiger partial charge in [-0.3, -0.25) is 4.79 Å². The molecule has 0 spiro atoms. The topological polar surface area (TPSA) is 69.5 Å². The monoisotopic (exact) mass is 436 g/mol. The first kappa shape index (κ1) is 21.7. The minimum absolute atomic E-state index is 0.359. The van der Waals surface area contributed by atoms with E-state index in [0.29, 0.717) is 46.9 Å². The summed E-state index contributed by atoms with van der Waals surface area (Å²) in [5.41, 5.74) is 0.399. The van der Waals surface area contributed by atoms with Crippen LogP contribution in [0.5, 0.6) is 0 Å². The predicted octanol–water partition coefficient (Wildman–Crippen LogP) is 3.87. The van der Waals surface area contributed by atoms with E-state index < -0.39 is 17.7 Å². The Morgan fingerprint density at radius 3 is 2.63 bits per heavy atom. The summed E-state index contributed by atoms with van der Waals surface area (Å²) in [6.07, 6.45) is 9.53. The number of carbonyl (C=O) groups excluding carboxylic acids is 1. The number of carbonyl (C=O) groups is 1. The van der Waals surface area contributed by atoms with E-state index in [1.54, 1.807) is 24.9 Å². The Hall–Kier alpha value is -1.51. The number of halogens is 1. The van der Waals surface area contributed by atoms with Crippen molar-refractivity contribution < 1.29 is 23.4 Å². The molecule has 164 valence electrons. The quantitative estimate of drug-likeness (QED) is 0.606. The van der Waals surface area contributed by atoms with Crippen molar-refractivity contribution in [3.8, 4) is 0 Å². The van der Waals surface area contributed by atoms with Gasteiger partial charge in [-0.25, -0.2) is 9.38 Å². The van der Waals surface area contributed by atoms with Gasteiger partial charge in [-0.15, -0.1) is 0 Å². The minimum Gasteiger partial charge on any atom is -0.493 e. The first-order chi connectivity index (χ1) is 14.6. The van der Waals surface area contributed by atoms with Crippen LogP contribution in [0, 0.1) is 11.8 Å². The number of thioether (sulfide) groups is 1. The molecule has 30 heavy (non-hydrogen) atoms. The molecule has 0 bridgehead atoms. The molecule has 1 unspecified atom stereocenters. The molecule has 0 aromatic carbocycles. The number of hydrogen-bond donors (Lipinski definition) is 0. The molecule has 0 aromatic heterocycles. The Kier molecular flexibility index (Phi) is 7.38. The SMILES string of the molecule is COC1CCC(SCC2=NC(=O)C3C(F)=CC(OCC4CCOCC4)=CC3=N2)CC1. The van der Waals surface area contributed by atoms with Crippen molar-refractivity contribution in [1.82, 2.24) is 0 Å². The fourth-order valence-electron chi connectivity index (χ4n) is 4.24. The van der Waals surface area contributed by atoms with Crippen molar-refractivity contribution in [1.29, 1.82) is 0 Å². The minimum atomic E-state index is -1.02. The van der Waals surface area contributed by atoms with Crippen LogP contribution in [0.3, 0.4) is 0 Å². The fourth-order valence-corrected chi connectivity index (χ4v) is 5.36. The van der Waals surface area contributed by atoms with Gasteiger partial charge in [0.05, 0.1) is 24.2 Å². The molecule has 2 fully saturated rings. The Labute approximate surface area is 181 Å². The summed E-state index contributed by atoms with van der Waals surface area (Å²) in [6.45, 7) is 2.00. The average Bonchev–Trinajstić information content (AvgIpc) is 2.77. The van der Waals surface area contributed by atoms with E-state index in [0.717, 1.165) is 51.7 Å². The van der Waals surface area contributed by atoms with Crippen LogP contribution < -0.4 is 0 Å². The third-order valence-corrected chi connectivity index (χ3v) is 7.48. The summed E-state index contributed by atoms with van der Waals surface area (Å²) < 4.78 is 31.2. The second kappa shape index (κ2) is 10.2. The standard InChI is InChI=1S/C22H29FN2O4S/c1-27-15-2-4-17(5-3-15)30-13-20-24-19-11-16(10-18(23)21(19)22(26)25-20)29-12-14-6-8-28-9-7-14/h10-11,14-15,17,21H,2-9,12-13H2,1H3. The van der Waals surface area contributed by atoms with Crippen molar-refractivity contribution in [2.24, 2.45) is 21.8 Å². The van der Waals surface area contributed by atoms with Gasteiger partial charge in [0, 0.05) is 37.7 Å². The van der Waals surface area contributed by atoms with Crippen LogP contribution in [0.1, 0.15) is 38.5 Å². The number of allylic oxidation sites excluding steroid dienone is 2. The molecular formula is C22H29FN2O4S. The second-order valence-corrected chi connectivity index (χ2v) is 9.51. The van der Waals surface area contributed by atoms with E-state index in [1.165, 1.54) is 6.08 Å². The Bertz CT molecular complexity index is 765. The van der Waals surface area contributed by atoms with E-state index >= 15 is 0 Å². The molecule has 1 saturated heterocycles. The highest BCUT2D eigenvalue weighted by Crippen LogP contribution is 2.32. The summed E-state index contributed by atoms with van der Waals surface area (Å²) in [5, 5.41) is 0.518. The number of amides is 1. The number of rotatable bonds is 7. The number of methoxy groups -OCH3 is 1. The highest BCUT2D eigenvalue weighted by molar-refractivity contribution is 8.00. The third kappa shape index (κ3) is 5.39. The first-order valence-electron chi connectivity index (χ1n) is 10.8. The first-order valence-corrected chi connectivity index (χ1v) is 11.8. The molecule has 8 heteroatoms. The van der Waals surface area contributed by atoms with Gasteiger partial charge in [-0.2, -0.15) is 16.8 Å². The molecule has 0 aromatic rings. The van der Waals surface area contributed by atoms with Crippen molar-refractivity contribution in [3.05, 3.63) is 23.7 Å².